The predicted molar refractivity (Wildman–Crippen MR) is 78.4 cm³/mol. The monoisotopic (exact) mass is 334 g/mol. The summed E-state index contributed by atoms with van der Waals surface area (Å²) in [6.07, 6.45) is 0. The molecule has 0 aliphatic carbocycles. The summed E-state index contributed by atoms with van der Waals surface area (Å²) in [5, 5.41) is 6.97. The minimum absolute atomic E-state index is 0.356. The molecule has 15 heavy (non-hydrogen) atoms. The van der Waals surface area contributed by atoms with Gasteiger partial charge in [0.25, 0.3) is 0 Å². The van der Waals surface area contributed by atoms with E-state index >= 15 is 0 Å². The first kappa shape index (κ1) is 12.7. The lowest BCUT2D eigenvalue weighted by Gasteiger charge is -2.13. The quantitative estimate of drug-likeness (QED) is 0.641. The Morgan fingerprint density at radius 3 is 2.60 bits per heavy atom. The Bertz CT molecular complexity index is 364. The highest BCUT2D eigenvalue weighted by Crippen LogP contribution is 2.16. The third kappa shape index (κ3) is 4.34. The summed E-state index contributed by atoms with van der Waals surface area (Å²) in [6, 6.07) is 6.56. The molecule has 0 fully saturated rings. The van der Waals surface area contributed by atoms with Gasteiger partial charge in [0.15, 0.2) is 5.11 Å². The predicted octanol–water partition coefficient (Wildman–Crippen LogP) is 3.29. The van der Waals surface area contributed by atoms with E-state index in [2.05, 4.69) is 66.1 Å². The van der Waals surface area contributed by atoms with Gasteiger partial charge in [0, 0.05) is 15.3 Å². The molecule has 4 heteroatoms. The van der Waals surface area contributed by atoms with Gasteiger partial charge in [-0.25, -0.2) is 0 Å². The summed E-state index contributed by atoms with van der Waals surface area (Å²) in [7, 11) is 0. The Kier molecular flexibility index (Phi) is 4.79. The summed E-state index contributed by atoms with van der Waals surface area (Å²) in [6.45, 7) is 6.22. The van der Waals surface area contributed by atoms with Gasteiger partial charge in [0.05, 0.1) is 0 Å². The van der Waals surface area contributed by atoms with Crippen molar-refractivity contribution in [2.45, 2.75) is 26.8 Å². The van der Waals surface area contributed by atoms with E-state index < -0.39 is 0 Å². The van der Waals surface area contributed by atoms with Crippen LogP contribution in [0.1, 0.15) is 19.4 Å². The Balaban J connectivity index is 2.65. The van der Waals surface area contributed by atoms with Crippen molar-refractivity contribution >= 4 is 45.6 Å². The minimum atomic E-state index is 0.356. The third-order valence-electron chi connectivity index (χ3n) is 1.85. The highest BCUT2D eigenvalue weighted by Gasteiger charge is 2.01. The first-order valence-electron chi connectivity index (χ1n) is 4.82. The molecule has 0 spiro atoms. The number of thiocarbonyl (C=S) groups is 1. The van der Waals surface area contributed by atoms with Crippen LogP contribution in [0.25, 0.3) is 0 Å². The molecule has 0 saturated carbocycles. The van der Waals surface area contributed by atoms with Crippen molar-refractivity contribution in [3.8, 4) is 0 Å². The molecular formula is C11H15IN2S. The van der Waals surface area contributed by atoms with Gasteiger partial charge in [-0.1, -0.05) is 6.07 Å². The average molecular weight is 334 g/mol. The van der Waals surface area contributed by atoms with E-state index in [0.29, 0.717) is 11.2 Å². The summed E-state index contributed by atoms with van der Waals surface area (Å²) < 4.78 is 1.24. The topological polar surface area (TPSA) is 24.1 Å². The maximum Gasteiger partial charge on any atom is 0.170 e. The fraction of sp³-hybridized carbons (Fsp3) is 0.364. The zero-order valence-electron chi connectivity index (χ0n) is 9.10. The van der Waals surface area contributed by atoms with Crippen LogP contribution in [0.5, 0.6) is 0 Å². The highest BCUT2D eigenvalue weighted by molar-refractivity contribution is 14.1. The van der Waals surface area contributed by atoms with Crippen LogP contribution in [0.4, 0.5) is 5.69 Å². The van der Waals surface area contributed by atoms with Gasteiger partial charge in [-0.05, 0) is 73.3 Å². The molecule has 0 aliphatic heterocycles. The molecule has 0 heterocycles. The zero-order valence-corrected chi connectivity index (χ0v) is 12.1. The van der Waals surface area contributed by atoms with Gasteiger partial charge in [0.2, 0.25) is 0 Å². The number of benzene rings is 1. The number of hydrogen-bond acceptors (Lipinski definition) is 1. The van der Waals surface area contributed by atoms with E-state index in [-0.39, 0.29) is 0 Å². The van der Waals surface area contributed by atoms with Crippen molar-refractivity contribution < 1.29 is 0 Å². The number of rotatable bonds is 2. The van der Waals surface area contributed by atoms with Crippen molar-refractivity contribution in [2.24, 2.45) is 0 Å². The smallest absolute Gasteiger partial charge is 0.170 e. The molecule has 1 aromatic carbocycles. The maximum absolute atomic E-state index is 5.16. The van der Waals surface area contributed by atoms with Gasteiger partial charge in [0.1, 0.15) is 0 Å². The fourth-order valence-electron chi connectivity index (χ4n) is 1.10. The SMILES string of the molecule is Cc1ccc(NC(=S)NC(C)C)cc1I. The van der Waals surface area contributed by atoms with E-state index in [1.807, 2.05) is 6.07 Å². The second-order valence-electron chi connectivity index (χ2n) is 3.72. The van der Waals surface area contributed by atoms with Gasteiger partial charge < -0.3 is 10.6 Å². The molecule has 0 amide bonds. The molecule has 0 aliphatic rings. The molecule has 1 rings (SSSR count). The van der Waals surface area contributed by atoms with Crippen molar-refractivity contribution in [1.82, 2.24) is 5.32 Å². The number of hydrogen-bond donors (Lipinski definition) is 2. The summed E-state index contributed by atoms with van der Waals surface area (Å²) >= 11 is 7.48. The molecular weight excluding hydrogens is 319 g/mol. The van der Waals surface area contributed by atoms with E-state index in [1.165, 1.54) is 9.13 Å². The van der Waals surface area contributed by atoms with Crippen molar-refractivity contribution in [2.75, 3.05) is 5.32 Å². The molecule has 0 saturated heterocycles. The second-order valence-corrected chi connectivity index (χ2v) is 5.29. The van der Waals surface area contributed by atoms with E-state index in [1.54, 1.807) is 0 Å². The molecule has 0 bridgehead atoms. The normalized spacial score (nSPS) is 10.2. The van der Waals surface area contributed by atoms with Crippen molar-refractivity contribution in [3.63, 3.8) is 0 Å². The first-order chi connectivity index (χ1) is 6.99. The molecule has 0 radical (unpaired) electrons. The summed E-state index contributed by atoms with van der Waals surface area (Å²) in [4.78, 5) is 0. The van der Waals surface area contributed by atoms with Gasteiger partial charge in [-0.2, -0.15) is 0 Å². The first-order valence-corrected chi connectivity index (χ1v) is 6.31. The molecule has 2 nitrogen and oxygen atoms in total. The lowest BCUT2D eigenvalue weighted by molar-refractivity contribution is 0.739. The van der Waals surface area contributed by atoms with E-state index in [4.69, 9.17) is 12.2 Å². The number of halogens is 1. The van der Waals surface area contributed by atoms with E-state index in [0.717, 1.165) is 5.69 Å². The number of aryl methyl sites for hydroxylation is 1. The maximum atomic E-state index is 5.16. The van der Waals surface area contributed by atoms with Crippen LogP contribution >= 0.6 is 34.8 Å². The van der Waals surface area contributed by atoms with Gasteiger partial charge in [-0.3, -0.25) is 0 Å². The minimum Gasteiger partial charge on any atom is -0.360 e. The molecule has 1 aromatic rings. The lowest BCUT2D eigenvalue weighted by Crippen LogP contribution is -2.33. The zero-order chi connectivity index (χ0) is 11.4. The van der Waals surface area contributed by atoms with Gasteiger partial charge in [-0.15, -0.1) is 0 Å². The summed E-state index contributed by atoms with van der Waals surface area (Å²) in [5.41, 5.74) is 2.31. The van der Waals surface area contributed by atoms with Crippen molar-refractivity contribution in [1.29, 1.82) is 0 Å². The van der Waals surface area contributed by atoms with Crippen LogP contribution in [0.3, 0.4) is 0 Å². The Hall–Kier alpha value is -0.360. The van der Waals surface area contributed by atoms with Gasteiger partial charge >= 0.3 is 0 Å². The largest absolute Gasteiger partial charge is 0.360 e. The average Bonchev–Trinajstić information content (AvgIpc) is 2.10. The van der Waals surface area contributed by atoms with Crippen LogP contribution in [0.2, 0.25) is 0 Å². The number of nitrogens with one attached hydrogen (secondary N) is 2. The highest BCUT2D eigenvalue weighted by atomic mass is 127. The fourth-order valence-corrected chi connectivity index (χ4v) is 1.97. The second kappa shape index (κ2) is 5.65. The molecule has 0 atom stereocenters. The standard InChI is InChI=1S/C11H15IN2S/c1-7(2)13-11(15)14-9-5-4-8(3)10(12)6-9/h4-7H,1-3H3,(H2,13,14,15). The third-order valence-corrected chi connectivity index (χ3v) is 3.23. The van der Waals surface area contributed by atoms with Crippen LogP contribution in [-0.4, -0.2) is 11.2 Å². The van der Waals surface area contributed by atoms with Crippen LogP contribution in [0.15, 0.2) is 18.2 Å². The Morgan fingerprint density at radius 1 is 1.40 bits per heavy atom. The Labute approximate surface area is 110 Å². The molecule has 0 unspecified atom stereocenters. The lowest BCUT2D eigenvalue weighted by atomic mass is 10.2. The summed E-state index contributed by atoms with van der Waals surface area (Å²) in [5.74, 6) is 0. The van der Waals surface area contributed by atoms with Crippen LogP contribution in [0, 0.1) is 10.5 Å². The molecule has 2 N–H and O–H groups in total. The van der Waals surface area contributed by atoms with E-state index in [9.17, 15) is 0 Å². The van der Waals surface area contributed by atoms with Crippen LogP contribution < -0.4 is 10.6 Å². The van der Waals surface area contributed by atoms with Crippen molar-refractivity contribution in [3.05, 3.63) is 27.3 Å². The molecule has 0 aromatic heterocycles. The van der Waals surface area contributed by atoms with Crippen LogP contribution in [-0.2, 0) is 0 Å². The number of anilines is 1. The Morgan fingerprint density at radius 2 is 2.07 bits per heavy atom. The molecule has 82 valence electrons.